The lowest BCUT2D eigenvalue weighted by Gasteiger charge is -2.17. The van der Waals surface area contributed by atoms with Gasteiger partial charge in [0.1, 0.15) is 0 Å². The predicted octanol–water partition coefficient (Wildman–Crippen LogP) is 8.24. The molecule has 0 amide bonds. The van der Waals surface area contributed by atoms with Crippen LogP contribution in [0.5, 0.6) is 0 Å². The molecule has 0 unspecified atom stereocenters. The van der Waals surface area contributed by atoms with Gasteiger partial charge in [0.2, 0.25) is 0 Å². The van der Waals surface area contributed by atoms with Crippen LogP contribution in [0, 0.1) is 0 Å². The van der Waals surface area contributed by atoms with Crippen molar-refractivity contribution in [2.45, 2.75) is 0 Å². The smallest absolute Gasteiger partial charge is 0.0725 e. The van der Waals surface area contributed by atoms with Gasteiger partial charge in [-0.3, -0.25) is 9.97 Å². The van der Waals surface area contributed by atoms with Crippen molar-refractivity contribution in [1.82, 2.24) is 19.9 Å². The first kappa shape index (κ1) is 22.0. The SMILES string of the molecule is c1cncc(-c2cccc(-c3c4ccccc4c(-c4cccc(-c5cccnc5)n4)c4ccccc34)n2)c1. The lowest BCUT2D eigenvalue weighted by Crippen LogP contribution is -1.95. The molecule has 0 aliphatic rings. The van der Waals surface area contributed by atoms with Crippen LogP contribution in [0.1, 0.15) is 0 Å². The van der Waals surface area contributed by atoms with Crippen LogP contribution >= 0.6 is 0 Å². The van der Waals surface area contributed by atoms with Gasteiger partial charge in [-0.1, -0.05) is 60.7 Å². The summed E-state index contributed by atoms with van der Waals surface area (Å²) in [5.41, 5.74) is 7.90. The summed E-state index contributed by atoms with van der Waals surface area (Å²) in [7, 11) is 0. The second-order valence-electron chi connectivity index (χ2n) is 9.14. The van der Waals surface area contributed by atoms with E-state index in [0.717, 1.165) is 66.6 Å². The highest BCUT2D eigenvalue weighted by atomic mass is 14.7. The fourth-order valence-electron chi connectivity index (χ4n) is 5.18. The zero-order valence-corrected chi connectivity index (χ0v) is 20.5. The molecule has 178 valence electrons. The van der Waals surface area contributed by atoms with Crippen LogP contribution in [0.3, 0.4) is 0 Å². The van der Waals surface area contributed by atoms with Gasteiger partial charge in [-0.25, -0.2) is 9.97 Å². The molecule has 0 N–H and O–H groups in total. The van der Waals surface area contributed by atoms with E-state index >= 15 is 0 Å². The van der Waals surface area contributed by atoms with E-state index in [1.807, 2.05) is 48.8 Å². The highest BCUT2D eigenvalue weighted by Crippen LogP contribution is 2.43. The lowest BCUT2D eigenvalue weighted by atomic mass is 9.88. The van der Waals surface area contributed by atoms with Gasteiger partial charge < -0.3 is 0 Å². The average molecular weight is 487 g/mol. The molecule has 4 heterocycles. The molecular formula is C34H22N4. The highest BCUT2D eigenvalue weighted by Gasteiger charge is 2.18. The number of rotatable bonds is 4. The Morgan fingerprint density at radius 2 is 0.737 bits per heavy atom. The maximum Gasteiger partial charge on any atom is 0.0725 e. The molecule has 0 saturated carbocycles. The normalized spacial score (nSPS) is 11.2. The Labute approximate surface area is 220 Å². The Bertz CT molecular complexity index is 1720. The Hall–Kier alpha value is -5.22. The Kier molecular flexibility index (Phi) is 5.41. The third-order valence-electron chi connectivity index (χ3n) is 6.86. The van der Waals surface area contributed by atoms with Crippen molar-refractivity contribution in [3.05, 3.63) is 134 Å². The topological polar surface area (TPSA) is 51.6 Å². The number of pyridine rings is 4. The molecule has 0 aliphatic heterocycles. The summed E-state index contributed by atoms with van der Waals surface area (Å²) in [6, 6.07) is 37.5. The minimum Gasteiger partial charge on any atom is -0.264 e. The van der Waals surface area contributed by atoms with Gasteiger partial charge in [0.05, 0.1) is 22.8 Å². The number of benzene rings is 3. The number of hydrogen-bond donors (Lipinski definition) is 0. The van der Waals surface area contributed by atoms with E-state index in [4.69, 9.17) is 9.97 Å². The van der Waals surface area contributed by atoms with Gasteiger partial charge >= 0.3 is 0 Å². The van der Waals surface area contributed by atoms with Crippen molar-refractivity contribution in [3.63, 3.8) is 0 Å². The Balaban J connectivity index is 1.51. The molecule has 3 aromatic carbocycles. The summed E-state index contributed by atoms with van der Waals surface area (Å²) in [4.78, 5) is 18.8. The van der Waals surface area contributed by atoms with Crippen LogP contribution in [0.15, 0.2) is 134 Å². The quantitative estimate of drug-likeness (QED) is 0.235. The van der Waals surface area contributed by atoms with Crippen molar-refractivity contribution >= 4 is 21.5 Å². The van der Waals surface area contributed by atoms with Crippen molar-refractivity contribution < 1.29 is 0 Å². The number of aromatic nitrogens is 4. The zero-order valence-electron chi connectivity index (χ0n) is 20.5. The van der Waals surface area contributed by atoms with Gasteiger partial charge in [-0.05, 0) is 70.1 Å². The molecule has 0 spiro atoms. The lowest BCUT2D eigenvalue weighted by molar-refractivity contribution is 1.28. The van der Waals surface area contributed by atoms with Crippen molar-refractivity contribution in [2.75, 3.05) is 0 Å². The Morgan fingerprint density at radius 3 is 1.11 bits per heavy atom. The molecule has 0 saturated heterocycles. The van der Waals surface area contributed by atoms with Crippen LogP contribution in [-0.2, 0) is 0 Å². The monoisotopic (exact) mass is 486 g/mol. The average Bonchev–Trinajstić information content (AvgIpc) is 3.01. The molecule has 4 heteroatoms. The maximum atomic E-state index is 5.11. The van der Waals surface area contributed by atoms with Crippen molar-refractivity contribution in [1.29, 1.82) is 0 Å². The van der Waals surface area contributed by atoms with Crippen LogP contribution in [0.25, 0.3) is 66.6 Å². The molecule has 0 fully saturated rings. The van der Waals surface area contributed by atoms with E-state index in [1.165, 1.54) is 0 Å². The van der Waals surface area contributed by atoms with E-state index in [2.05, 4.69) is 82.8 Å². The van der Waals surface area contributed by atoms with E-state index in [0.29, 0.717) is 0 Å². The van der Waals surface area contributed by atoms with Crippen LogP contribution in [0.4, 0.5) is 0 Å². The third kappa shape index (κ3) is 3.80. The molecule has 0 atom stereocenters. The molecule has 0 aliphatic carbocycles. The van der Waals surface area contributed by atoms with Crippen LogP contribution in [-0.4, -0.2) is 19.9 Å². The van der Waals surface area contributed by atoms with Crippen LogP contribution in [0.2, 0.25) is 0 Å². The van der Waals surface area contributed by atoms with E-state index in [-0.39, 0.29) is 0 Å². The highest BCUT2D eigenvalue weighted by molar-refractivity contribution is 6.20. The van der Waals surface area contributed by atoms with Crippen molar-refractivity contribution in [2.24, 2.45) is 0 Å². The van der Waals surface area contributed by atoms with Gasteiger partial charge in [-0.2, -0.15) is 0 Å². The molecule has 0 radical (unpaired) electrons. The second kappa shape index (κ2) is 9.34. The standard InChI is InChI=1S/C34H22N4/c1-2-12-26-25(11-1)33(31-17-5-15-29(37-31)23-9-7-19-35-21-23)27-13-3-4-14-28(27)34(26)32-18-6-16-30(38-32)24-10-8-20-36-22-24/h1-22H. The van der Waals surface area contributed by atoms with Gasteiger partial charge in [0, 0.05) is 47.0 Å². The largest absolute Gasteiger partial charge is 0.264 e. The summed E-state index contributed by atoms with van der Waals surface area (Å²) < 4.78 is 0. The third-order valence-corrected chi connectivity index (χ3v) is 6.86. The molecular weight excluding hydrogens is 464 g/mol. The minimum atomic E-state index is 0.902. The van der Waals surface area contributed by atoms with E-state index in [9.17, 15) is 0 Å². The molecule has 7 rings (SSSR count). The summed E-state index contributed by atoms with van der Waals surface area (Å²) in [5.74, 6) is 0. The predicted molar refractivity (Wildman–Crippen MR) is 154 cm³/mol. The molecule has 4 aromatic heterocycles. The van der Waals surface area contributed by atoms with E-state index < -0.39 is 0 Å². The summed E-state index contributed by atoms with van der Waals surface area (Å²) >= 11 is 0. The Morgan fingerprint density at radius 1 is 0.342 bits per heavy atom. The molecule has 4 nitrogen and oxygen atoms in total. The first-order valence-electron chi connectivity index (χ1n) is 12.6. The zero-order chi connectivity index (χ0) is 25.3. The summed E-state index contributed by atoms with van der Waals surface area (Å²) in [6.45, 7) is 0. The summed E-state index contributed by atoms with van der Waals surface area (Å²) in [5, 5.41) is 4.58. The van der Waals surface area contributed by atoms with E-state index in [1.54, 1.807) is 12.4 Å². The van der Waals surface area contributed by atoms with Gasteiger partial charge in [0.15, 0.2) is 0 Å². The van der Waals surface area contributed by atoms with Crippen LogP contribution < -0.4 is 0 Å². The second-order valence-corrected chi connectivity index (χ2v) is 9.14. The summed E-state index contributed by atoms with van der Waals surface area (Å²) in [6.07, 6.45) is 7.27. The fraction of sp³-hybridized carbons (Fsp3) is 0. The maximum absolute atomic E-state index is 5.11. The molecule has 38 heavy (non-hydrogen) atoms. The molecule has 0 bridgehead atoms. The number of hydrogen-bond acceptors (Lipinski definition) is 4. The van der Waals surface area contributed by atoms with Crippen molar-refractivity contribution in [3.8, 4) is 45.0 Å². The first-order valence-corrected chi connectivity index (χ1v) is 12.6. The fourth-order valence-corrected chi connectivity index (χ4v) is 5.18. The van der Waals surface area contributed by atoms with Gasteiger partial charge in [-0.15, -0.1) is 0 Å². The first-order chi connectivity index (χ1) is 18.9. The minimum absolute atomic E-state index is 0.902. The van der Waals surface area contributed by atoms with Gasteiger partial charge in [0.25, 0.3) is 0 Å². The number of nitrogens with zero attached hydrogens (tertiary/aromatic N) is 4. The number of fused-ring (bicyclic) bond motifs is 2. The molecule has 7 aromatic rings.